The summed E-state index contributed by atoms with van der Waals surface area (Å²) < 4.78 is 9.58. The third-order valence-electron chi connectivity index (χ3n) is 13.3. The Morgan fingerprint density at radius 2 is 1.16 bits per heavy atom. The van der Waals surface area contributed by atoms with Gasteiger partial charge in [-0.3, -0.25) is 0 Å². The highest BCUT2D eigenvalue weighted by Crippen LogP contribution is 2.49. The van der Waals surface area contributed by atoms with E-state index >= 15 is 0 Å². The molecule has 64 heavy (non-hydrogen) atoms. The number of thiophene rings is 1. The Hall–Kier alpha value is -6.47. The van der Waals surface area contributed by atoms with Gasteiger partial charge in [0.05, 0.1) is 5.69 Å². The lowest BCUT2D eigenvalue weighted by Gasteiger charge is -2.40. The molecule has 0 saturated carbocycles. The van der Waals surface area contributed by atoms with Crippen LogP contribution in [0.3, 0.4) is 0 Å². The van der Waals surface area contributed by atoms with Gasteiger partial charge in [0.2, 0.25) is 0 Å². The number of benzene rings is 8. The number of para-hydroxylation sites is 2. The molecule has 0 unspecified atom stereocenters. The van der Waals surface area contributed by atoms with Gasteiger partial charge >= 0.3 is 0 Å². The van der Waals surface area contributed by atoms with Crippen LogP contribution < -0.4 is 25.5 Å². The molecule has 0 radical (unpaired) electrons. The molecule has 0 atom stereocenters. The lowest BCUT2D eigenvalue weighted by atomic mass is 9.37. The second-order valence-electron chi connectivity index (χ2n) is 19.4. The molecular formula is C58H47BN2OS2. The molecule has 12 rings (SSSR count). The summed E-state index contributed by atoms with van der Waals surface area (Å²) in [5.41, 5.74) is 16.4. The zero-order chi connectivity index (χ0) is 43.5. The smallest absolute Gasteiger partial charge is 0.262 e. The highest BCUT2D eigenvalue weighted by Gasteiger charge is 2.43. The molecule has 4 heterocycles. The lowest BCUT2D eigenvalue weighted by Crippen LogP contribution is -2.58. The van der Waals surface area contributed by atoms with Crippen LogP contribution in [0.1, 0.15) is 52.7 Å². The van der Waals surface area contributed by atoms with E-state index in [-0.39, 0.29) is 17.5 Å². The number of hydrogen-bond acceptors (Lipinski definition) is 5. The number of furan rings is 1. The van der Waals surface area contributed by atoms with Gasteiger partial charge in [-0.1, -0.05) is 156 Å². The van der Waals surface area contributed by atoms with Crippen molar-refractivity contribution in [2.24, 2.45) is 0 Å². The number of nitrogens with zero attached hydrogens (tertiary/aromatic N) is 2. The Kier molecular flexibility index (Phi) is 8.89. The maximum atomic E-state index is 6.85. The molecule has 2 aromatic heterocycles. The predicted octanol–water partition coefficient (Wildman–Crippen LogP) is 15.3. The second kappa shape index (κ2) is 14.5. The summed E-state index contributed by atoms with van der Waals surface area (Å²) in [6.07, 6.45) is 0. The summed E-state index contributed by atoms with van der Waals surface area (Å²) in [5, 5.41) is 3.58. The second-order valence-corrected chi connectivity index (χ2v) is 21.5. The van der Waals surface area contributed by atoms with Gasteiger partial charge in [-0.15, -0.1) is 11.3 Å². The van der Waals surface area contributed by atoms with Crippen LogP contribution >= 0.6 is 23.1 Å². The molecule has 0 amide bonds. The van der Waals surface area contributed by atoms with Gasteiger partial charge in [-0.05, 0) is 122 Å². The van der Waals surface area contributed by atoms with E-state index in [1.807, 2.05) is 23.1 Å². The normalized spacial score (nSPS) is 13.3. The van der Waals surface area contributed by atoms with Gasteiger partial charge in [0, 0.05) is 59.1 Å². The Balaban J connectivity index is 1.11. The maximum absolute atomic E-state index is 6.85. The van der Waals surface area contributed by atoms with E-state index in [0.29, 0.717) is 0 Å². The Labute approximate surface area is 384 Å². The summed E-state index contributed by atoms with van der Waals surface area (Å²) in [4.78, 5) is 7.60. The molecule has 0 bridgehead atoms. The van der Waals surface area contributed by atoms with Crippen LogP contribution in [0.25, 0.3) is 43.2 Å². The number of hydrogen-bond donors (Lipinski definition) is 0. The van der Waals surface area contributed by atoms with Gasteiger partial charge in [0.1, 0.15) is 5.58 Å². The van der Waals surface area contributed by atoms with E-state index in [0.717, 1.165) is 50.4 Å². The zero-order valence-electron chi connectivity index (χ0n) is 36.9. The number of anilines is 6. The maximum Gasteiger partial charge on any atom is 0.262 e. The van der Waals surface area contributed by atoms with E-state index in [9.17, 15) is 0 Å². The van der Waals surface area contributed by atoms with Gasteiger partial charge in [0.15, 0.2) is 5.58 Å². The van der Waals surface area contributed by atoms with Gasteiger partial charge < -0.3 is 14.2 Å². The minimum absolute atomic E-state index is 0.0425. The quantitative estimate of drug-likeness (QED) is 0.161. The highest BCUT2D eigenvalue weighted by molar-refractivity contribution is 8.00. The fourth-order valence-corrected chi connectivity index (χ4v) is 12.6. The monoisotopic (exact) mass is 862 g/mol. The van der Waals surface area contributed by atoms with Crippen LogP contribution in [-0.4, -0.2) is 6.71 Å². The Bertz CT molecular complexity index is 3390. The molecule has 6 heteroatoms. The number of fused-ring (bicyclic) bond motifs is 9. The first-order valence-electron chi connectivity index (χ1n) is 22.3. The van der Waals surface area contributed by atoms with E-state index in [1.165, 1.54) is 63.5 Å². The molecule has 0 spiro atoms. The van der Waals surface area contributed by atoms with Crippen molar-refractivity contribution in [3.05, 3.63) is 187 Å². The van der Waals surface area contributed by atoms with Gasteiger partial charge in [0.25, 0.3) is 6.71 Å². The molecule has 3 nitrogen and oxygen atoms in total. The molecule has 0 aliphatic carbocycles. The zero-order valence-corrected chi connectivity index (χ0v) is 38.6. The molecule has 2 aliphatic rings. The topological polar surface area (TPSA) is 19.6 Å². The summed E-state index contributed by atoms with van der Waals surface area (Å²) in [7, 11) is 0. The van der Waals surface area contributed by atoms with Crippen LogP contribution in [0.2, 0.25) is 0 Å². The molecule has 0 fully saturated rings. The SMILES string of the molecule is CC(C)(C)c1ccc(N(c2ccc(C(C)(C)C)cc2)c2ccc3c(c2)N(c2cccc4c2oc2ccccc24)c2cccc4c2B3c2sc3ccc(-c5ccccc5)cc3c2S4)cc1. The molecule has 2 aliphatic heterocycles. The third kappa shape index (κ3) is 6.25. The summed E-state index contributed by atoms with van der Waals surface area (Å²) in [6.45, 7) is 13.7. The van der Waals surface area contributed by atoms with Crippen LogP contribution in [0.4, 0.5) is 34.1 Å². The summed E-state index contributed by atoms with van der Waals surface area (Å²) in [5.74, 6) is 0. The van der Waals surface area contributed by atoms with Crippen LogP contribution in [0.15, 0.2) is 190 Å². The molecule has 10 aromatic rings. The fourth-order valence-electron chi connectivity index (χ4n) is 9.92. The molecule has 0 saturated heterocycles. The number of rotatable bonds is 5. The Morgan fingerprint density at radius 1 is 0.516 bits per heavy atom. The third-order valence-corrected chi connectivity index (χ3v) is 15.8. The lowest BCUT2D eigenvalue weighted by molar-refractivity contribution is 0.590. The van der Waals surface area contributed by atoms with E-state index in [1.54, 1.807) is 0 Å². The molecule has 8 aromatic carbocycles. The minimum atomic E-state index is 0.0425. The van der Waals surface area contributed by atoms with Gasteiger partial charge in [-0.25, -0.2) is 0 Å². The van der Waals surface area contributed by atoms with Crippen molar-refractivity contribution in [1.29, 1.82) is 0 Å². The largest absolute Gasteiger partial charge is 0.454 e. The summed E-state index contributed by atoms with van der Waals surface area (Å²) >= 11 is 3.88. The minimum Gasteiger partial charge on any atom is -0.454 e. The van der Waals surface area contributed by atoms with Crippen molar-refractivity contribution in [2.75, 3.05) is 9.80 Å². The summed E-state index contributed by atoms with van der Waals surface area (Å²) in [6, 6.07) is 65.3. The molecule has 310 valence electrons. The average Bonchev–Trinajstić information content (AvgIpc) is 3.87. The van der Waals surface area contributed by atoms with Crippen LogP contribution in [0.5, 0.6) is 0 Å². The fraction of sp³-hybridized carbons (Fsp3) is 0.138. The van der Waals surface area contributed by atoms with E-state index in [2.05, 4.69) is 227 Å². The first kappa shape index (κ1) is 39.2. The molecule has 0 N–H and O–H groups in total. The van der Waals surface area contributed by atoms with E-state index in [4.69, 9.17) is 4.42 Å². The van der Waals surface area contributed by atoms with Crippen molar-refractivity contribution in [3.63, 3.8) is 0 Å². The highest BCUT2D eigenvalue weighted by atomic mass is 32.2. The van der Waals surface area contributed by atoms with Crippen molar-refractivity contribution in [2.45, 2.75) is 62.2 Å². The predicted molar refractivity (Wildman–Crippen MR) is 277 cm³/mol. The van der Waals surface area contributed by atoms with Crippen molar-refractivity contribution < 1.29 is 4.42 Å². The van der Waals surface area contributed by atoms with Crippen molar-refractivity contribution in [3.8, 4) is 11.1 Å². The molecular weight excluding hydrogens is 816 g/mol. The van der Waals surface area contributed by atoms with Crippen molar-refractivity contribution >= 4 is 112 Å². The first-order valence-corrected chi connectivity index (χ1v) is 23.9. The van der Waals surface area contributed by atoms with Gasteiger partial charge in [-0.2, -0.15) is 0 Å². The Morgan fingerprint density at radius 3 is 1.88 bits per heavy atom. The van der Waals surface area contributed by atoms with Crippen LogP contribution in [0, 0.1) is 0 Å². The average molecular weight is 863 g/mol. The van der Waals surface area contributed by atoms with Crippen LogP contribution in [-0.2, 0) is 10.8 Å². The first-order chi connectivity index (χ1) is 31.0. The van der Waals surface area contributed by atoms with E-state index < -0.39 is 0 Å². The van der Waals surface area contributed by atoms with Crippen molar-refractivity contribution in [1.82, 2.24) is 0 Å². The standard InChI is InChI=1S/C58H47BN2OS2/c1-57(2,3)38-23-27-40(28-24-38)60(41-29-25-39(26-30-41)58(4,5)6)42-31-32-46-49(35-42)61(48-19-12-17-44-43-16-10-11-20-50(43)62-54(44)48)47-18-13-21-52-53(47)59(46)56-55(63-52)45-34-37(22-33-51(45)64-56)36-14-8-7-9-15-36/h7-35H,1-6H3.